The summed E-state index contributed by atoms with van der Waals surface area (Å²) in [6.45, 7) is 8.13. The Morgan fingerprint density at radius 3 is 2.25 bits per heavy atom. The van der Waals surface area contributed by atoms with Crippen LogP contribution in [0.5, 0.6) is 0 Å². The first-order valence-corrected chi connectivity index (χ1v) is 5.47. The minimum Gasteiger partial charge on any atom is -0.311 e. The van der Waals surface area contributed by atoms with Gasteiger partial charge in [0.15, 0.2) is 0 Å². The molecule has 3 aliphatic rings. The van der Waals surface area contributed by atoms with Crippen LogP contribution >= 0.6 is 8.60 Å². The van der Waals surface area contributed by atoms with Crippen molar-refractivity contribution < 1.29 is 13.6 Å². The lowest BCUT2D eigenvalue weighted by Gasteiger charge is -2.50. The first-order valence-electron chi connectivity index (χ1n) is 4.38. The first-order chi connectivity index (χ1) is 5.65. The van der Waals surface area contributed by atoms with E-state index in [1.165, 1.54) is 0 Å². The molecule has 1 atom stereocenters. The Labute approximate surface area is 74.4 Å². The summed E-state index contributed by atoms with van der Waals surface area (Å²) in [7, 11) is -1.000. The van der Waals surface area contributed by atoms with E-state index in [4.69, 9.17) is 13.6 Å². The molecule has 12 heavy (non-hydrogen) atoms. The van der Waals surface area contributed by atoms with Crippen molar-refractivity contribution >= 4 is 8.60 Å². The summed E-state index contributed by atoms with van der Waals surface area (Å²) in [5.74, 6) is 0.546. The zero-order chi connectivity index (χ0) is 8.77. The lowest BCUT2D eigenvalue weighted by molar-refractivity contribution is -0.137. The van der Waals surface area contributed by atoms with Gasteiger partial charge < -0.3 is 13.6 Å². The summed E-state index contributed by atoms with van der Waals surface area (Å²) in [6, 6.07) is 0. The molecule has 0 saturated carbocycles. The summed E-state index contributed by atoms with van der Waals surface area (Å²) in [5.41, 5.74) is 0.0943. The SMILES string of the molecule is CC(C)C12COP(OC1)OC2C. The maximum Gasteiger partial charge on any atom is 0.332 e. The molecule has 1 unspecified atom stereocenters. The van der Waals surface area contributed by atoms with Crippen molar-refractivity contribution in [2.75, 3.05) is 13.2 Å². The molecule has 3 nitrogen and oxygen atoms in total. The highest BCUT2D eigenvalue weighted by atomic mass is 31.2. The van der Waals surface area contributed by atoms with E-state index >= 15 is 0 Å². The number of hydrogen-bond donors (Lipinski definition) is 0. The van der Waals surface area contributed by atoms with Gasteiger partial charge in [0.1, 0.15) is 0 Å². The van der Waals surface area contributed by atoms with Crippen LogP contribution in [0.25, 0.3) is 0 Å². The maximum absolute atomic E-state index is 5.57. The monoisotopic (exact) mass is 190 g/mol. The third-order valence-electron chi connectivity index (χ3n) is 3.08. The third-order valence-corrected chi connectivity index (χ3v) is 4.25. The van der Waals surface area contributed by atoms with Gasteiger partial charge in [-0.25, -0.2) is 0 Å². The normalized spacial score (nSPS) is 47.0. The van der Waals surface area contributed by atoms with Gasteiger partial charge in [-0.05, 0) is 12.8 Å². The van der Waals surface area contributed by atoms with Crippen molar-refractivity contribution in [2.24, 2.45) is 11.3 Å². The molecule has 0 spiro atoms. The molecule has 0 aliphatic carbocycles. The van der Waals surface area contributed by atoms with Gasteiger partial charge in [-0.3, -0.25) is 0 Å². The fourth-order valence-corrected chi connectivity index (χ4v) is 3.11. The minimum atomic E-state index is -1.000. The molecule has 3 heterocycles. The smallest absolute Gasteiger partial charge is 0.311 e. The van der Waals surface area contributed by atoms with Gasteiger partial charge in [0.25, 0.3) is 0 Å². The average Bonchev–Trinajstić information content (AvgIpc) is 2.05. The van der Waals surface area contributed by atoms with E-state index in [2.05, 4.69) is 20.8 Å². The van der Waals surface area contributed by atoms with E-state index in [1.54, 1.807) is 0 Å². The zero-order valence-corrected chi connectivity index (χ0v) is 8.64. The van der Waals surface area contributed by atoms with E-state index in [0.717, 1.165) is 13.2 Å². The largest absolute Gasteiger partial charge is 0.332 e. The van der Waals surface area contributed by atoms with Crippen molar-refractivity contribution in [3.63, 3.8) is 0 Å². The number of rotatable bonds is 1. The Balaban J connectivity index is 2.20. The predicted octanol–water partition coefficient (Wildman–Crippen LogP) is 2.32. The van der Waals surface area contributed by atoms with E-state index < -0.39 is 8.60 Å². The Hall–Kier alpha value is 0.310. The fourth-order valence-electron chi connectivity index (χ4n) is 1.76. The topological polar surface area (TPSA) is 27.7 Å². The maximum atomic E-state index is 5.57. The molecule has 0 aromatic carbocycles. The van der Waals surface area contributed by atoms with Gasteiger partial charge in [-0.15, -0.1) is 0 Å². The van der Waals surface area contributed by atoms with Crippen LogP contribution in [0.15, 0.2) is 0 Å². The van der Waals surface area contributed by atoms with Crippen LogP contribution in [0.2, 0.25) is 0 Å². The quantitative estimate of drug-likeness (QED) is 0.594. The molecule has 3 rings (SSSR count). The summed E-state index contributed by atoms with van der Waals surface area (Å²) in [4.78, 5) is 0. The molecule has 0 aromatic heterocycles. The molecular formula is C8H15O3P. The van der Waals surface area contributed by atoms with Crippen LogP contribution in [0.1, 0.15) is 20.8 Å². The first kappa shape index (κ1) is 8.89. The van der Waals surface area contributed by atoms with Crippen LogP contribution in [0.4, 0.5) is 0 Å². The van der Waals surface area contributed by atoms with Crippen LogP contribution in [-0.2, 0) is 13.6 Å². The standard InChI is InChI=1S/C8H15O3P/c1-6(2)8-4-9-12(10-5-8)11-7(8)3/h6-7H,4-5H2,1-3H3. The molecule has 2 bridgehead atoms. The summed E-state index contributed by atoms with van der Waals surface area (Å²) in [6.07, 6.45) is 0.283. The molecule has 70 valence electrons. The second-order valence-corrected chi connectivity index (χ2v) is 5.08. The molecule has 0 amide bonds. The van der Waals surface area contributed by atoms with Gasteiger partial charge in [0.05, 0.1) is 19.3 Å². The van der Waals surface area contributed by atoms with Gasteiger partial charge in [0, 0.05) is 5.41 Å². The van der Waals surface area contributed by atoms with Crippen molar-refractivity contribution in [3.8, 4) is 0 Å². The average molecular weight is 190 g/mol. The summed E-state index contributed by atoms with van der Waals surface area (Å²) >= 11 is 0. The van der Waals surface area contributed by atoms with Crippen LogP contribution < -0.4 is 0 Å². The van der Waals surface area contributed by atoms with Crippen molar-refractivity contribution in [2.45, 2.75) is 26.9 Å². The van der Waals surface area contributed by atoms with Crippen LogP contribution in [-0.4, -0.2) is 19.3 Å². The fraction of sp³-hybridized carbons (Fsp3) is 1.00. The molecule has 0 aromatic rings. The van der Waals surface area contributed by atoms with Crippen molar-refractivity contribution in [3.05, 3.63) is 0 Å². The second-order valence-electron chi connectivity index (χ2n) is 3.91. The highest BCUT2D eigenvalue weighted by Gasteiger charge is 2.51. The van der Waals surface area contributed by atoms with Crippen molar-refractivity contribution in [1.82, 2.24) is 0 Å². The summed E-state index contributed by atoms with van der Waals surface area (Å²) < 4.78 is 16.4. The second kappa shape index (κ2) is 2.91. The molecule has 0 radical (unpaired) electrons. The van der Waals surface area contributed by atoms with E-state index in [1.807, 2.05) is 0 Å². The number of hydrogen-bond acceptors (Lipinski definition) is 3. The Bertz CT molecular complexity index is 175. The van der Waals surface area contributed by atoms with Gasteiger partial charge in [0.2, 0.25) is 0 Å². The molecule has 4 heteroatoms. The Kier molecular flexibility index (Phi) is 2.16. The van der Waals surface area contributed by atoms with Gasteiger partial charge in [-0.1, -0.05) is 13.8 Å². The van der Waals surface area contributed by atoms with Crippen LogP contribution in [0.3, 0.4) is 0 Å². The Morgan fingerprint density at radius 1 is 1.33 bits per heavy atom. The molecule has 3 fully saturated rings. The molecule has 0 N–H and O–H groups in total. The highest BCUT2D eigenvalue weighted by molar-refractivity contribution is 7.41. The minimum absolute atomic E-state index is 0.0943. The van der Waals surface area contributed by atoms with Crippen LogP contribution in [0, 0.1) is 11.3 Å². The molecular weight excluding hydrogens is 175 g/mol. The zero-order valence-electron chi connectivity index (χ0n) is 7.74. The predicted molar refractivity (Wildman–Crippen MR) is 46.6 cm³/mol. The van der Waals surface area contributed by atoms with Gasteiger partial charge >= 0.3 is 8.60 Å². The number of fused-ring (bicyclic) bond motifs is 3. The third kappa shape index (κ3) is 1.12. The van der Waals surface area contributed by atoms with E-state index in [9.17, 15) is 0 Å². The van der Waals surface area contributed by atoms with Crippen molar-refractivity contribution in [1.29, 1.82) is 0 Å². The van der Waals surface area contributed by atoms with E-state index in [-0.39, 0.29) is 11.5 Å². The van der Waals surface area contributed by atoms with Gasteiger partial charge in [-0.2, -0.15) is 0 Å². The molecule has 3 saturated heterocycles. The summed E-state index contributed by atoms with van der Waals surface area (Å²) in [5, 5.41) is 0. The Morgan fingerprint density at radius 2 is 1.92 bits per heavy atom. The van der Waals surface area contributed by atoms with E-state index in [0.29, 0.717) is 5.92 Å². The highest BCUT2D eigenvalue weighted by Crippen LogP contribution is 2.58. The lowest BCUT2D eigenvalue weighted by Crippen LogP contribution is -2.52. The lowest BCUT2D eigenvalue weighted by atomic mass is 9.74. The molecule has 3 aliphatic heterocycles.